The zero-order valence-corrected chi connectivity index (χ0v) is 11.7. The van der Waals surface area contributed by atoms with Crippen molar-refractivity contribution in [3.63, 3.8) is 0 Å². The summed E-state index contributed by atoms with van der Waals surface area (Å²) in [5, 5.41) is 5.35. The van der Waals surface area contributed by atoms with Crippen LogP contribution < -0.4 is 5.73 Å². The SMILES string of the molecule is CC[C@@H](C)n1nc(I)c2c(N)nc(C)nc21. The Kier molecular flexibility index (Phi) is 3.00. The monoisotopic (exact) mass is 331 g/mol. The van der Waals surface area contributed by atoms with Crippen molar-refractivity contribution in [1.82, 2.24) is 19.7 Å². The van der Waals surface area contributed by atoms with Crippen LogP contribution in [0.15, 0.2) is 0 Å². The Labute approximate surface area is 108 Å². The first-order valence-electron chi connectivity index (χ1n) is 5.22. The molecular weight excluding hydrogens is 317 g/mol. The first-order valence-corrected chi connectivity index (χ1v) is 6.30. The molecule has 0 spiro atoms. The molecule has 0 aliphatic carbocycles. The van der Waals surface area contributed by atoms with Gasteiger partial charge in [-0.2, -0.15) is 5.10 Å². The molecule has 0 aliphatic rings. The van der Waals surface area contributed by atoms with Crippen molar-refractivity contribution in [2.45, 2.75) is 33.2 Å². The van der Waals surface area contributed by atoms with Gasteiger partial charge in [-0.3, -0.25) is 0 Å². The number of rotatable bonds is 2. The van der Waals surface area contributed by atoms with Crippen LogP contribution in [0.25, 0.3) is 11.0 Å². The first kappa shape index (κ1) is 11.6. The van der Waals surface area contributed by atoms with Crippen molar-refractivity contribution >= 4 is 39.4 Å². The van der Waals surface area contributed by atoms with Crippen LogP contribution in [0.5, 0.6) is 0 Å². The predicted molar refractivity (Wildman–Crippen MR) is 72.2 cm³/mol. The predicted octanol–water partition coefficient (Wildman–Crippen LogP) is 2.29. The van der Waals surface area contributed by atoms with E-state index in [9.17, 15) is 0 Å². The van der Waals surface area contributed by atoms with Crippen LogP contribution in [0.2, 0.25) is 0 Å². The maximum atomic E-state index is 5.90. The zero-order chi connectivity index (χ0) is 11.9. The van der Waals surface area contributed by atoms with E-state index < -0.39 is 0 Å². The summed E-state index contributed by atoms with van der Waals surface area (Å²) in [5.41, 5.74) is 6.74. The maximum absolute atomic E-state index is 5.90. The summed E-state index contributed by atoms with van der Waals surface area (Å²) in [7, 11) is 0. The van der Waals surface area contributed by atoms with Gasteiger partial charge >= 0.3 is 0 Å². The van der Waals surface area contributed by atoms with Crippen LogP contribution in [-0.2, 0) is 0 Å². The number of hydrogen-bond acceptors (Lipinski definition) is 4. The Bertz CT molecular complexity index is 533. The summed E-state index contributed by atoms with van der Waals surface area (Å²) in [5.74, 6) is 1.20. The minimum atomic E-state index is 0.319. The van der Waals surface area contributed by atoms with Crippen molar-refractivity contribution in [3.05, 3.63) is 9.53 Å². The minimum Gasteiger partial charge on any atom is -0.383 e. The van der Waals surface area contributed by atoms with E-state index in [1.54, 1.807) is 0 Å². The average Bonchev–Trinajstić information content (AvgIpc) is 2.54. The largest absolute Gasteiger partial charge is 0.383 e. The van der Waals surface area contributed by atoms with Crippen molar-refractivity contribution < 1.29 is 0 Å². The molecule has 0 amide bonds. The van der Waals surface area contributed by atoms with E-state index in [2.05, 4.69) is 51.5 Å². The van der Waals surface area contributed by atoms with Crippen LogP contribution in [0.1, 0.15) is 32.1 Å². The highest BCUT2D eigenvalue weighted by Gasteiger charge is 2.17. The first-order chi connectivity index (χ1) is 7.54. The normalized spacial score (nSPS) is 13.2. The Balaban J connectivity index is 2.78. The van der Waals surface area contributed by atoms with E-state index in [1.165, 1.54) is 0 Å². The smallest absolute Gasteiger partial charge is 0.165 e. The minimum absolute atomic E-state index is 0.319. The van der Waals surface area contributed by atoms with Crippen molar-refractivity contribution in [2.24, 2.45) is 0 Å². The molecule has 2 aromatic heterocycles. The summed E-state index contributed by atoms with van der Waals surface area (Å²) in [6.45, 7) is 6.09. The lowest BCUT2D eigenvalue weighted by molar-refractivity contribution is 0.487. The van der Waals surface area contributed by atoms with Crippen LogP contribution >= 0.6 is 22.6 Å². The Morgan fingerprint density at radius 3 is 2.75 bits per heavy atom. The lowest BCUT2D eigenvalue weighted by Gasteiger charge is -2.09. The maximum Gasteiger partial charge on any atom is 0.165 e. The summed E-state index contributed by atoms with van der Waals surface area (Å²) in [6, 6.07) is 0.319. The van der Waals surface area contributed by atoms with Gasteiger partial charge in [0.25, 0.3) is 0 Å². The topological polar surface area (TPSA) is 69.6 Å². The number of halogens is 1. The van der Waals surface area contributed by atoms with Crippen molar-refractivity contribution in [2.75, 3.05) is 5.73 Å². The van der Waals surface area contributed by atoms with E-state index in [0.29, 0.717) is 17.7 Å². The molecule has 2 heterocycles. The van der Waals surface area contributed by atoms with E-state index in [4.69, 9.17) is 5.73 Å². The number of nitrogen functional groups attached to an aromatic ring is 1. The Hall–Kier alpha value is -0.920. The van der Waals surface area contributed by atoms with Gasteiger partial charge in [0.15, 0.2) is 5.65 Å². The van der Waals surface area contributed by atoms with Gasteiger partial charge in [-0.05, 0) is 42.9 Å². The van der Waals surface area contributed by atoms with Crippen LogP contribution in [-0.4, -0.2) is 19.7 Å². The van der Waals surface area contributed by atoms with Gasteiger partial charge in [0, 0.05) is 0 Å². The average molecular weight is 331 g/mol. The summed E-state index contributed by atoms with van der Waals surface area (Å²) < 4.78 is 2.80. The lowest BCUT2D eigenvalue weighted by atomic mass is 10.2. The standard InChI is InChI=1S/C10H14IN5/c1-4-5(2)16-10-7(8(11)15-16)9(12)13-6(3)14-10/h5H,4H2,1-3H3,(H2,12,13,14)/t5-/m1/s1. The second kappa shape index (κ2) is 4.15. The molecular formula is C10H14IN5. The molecule has 0 radical (unpaired) electrons. The third kappa shape index (κ3) is 1.74. The molecule has 16 heavy (non-hydrogen) atoms. The molecule has 0 unspecified atom stereocenters. The van der Waals surface area contributed by atoms with Gasteiger partial charge in [0.1, 0.15) is 15.3 Å². The molecule has 86 valence electrons. The van der Waals surface area contributed by atoms with E-state index in [0.717, 1.165) is 21.2 Å². The second-order valence-corrected chi connectivity index (χ2v) is 4.87. The zero-order valence-electron chi connectivity index (χ0n) is 9.53. The summed E-state index contributed by atoms with van der Waals surface area (Å²) >= 11 is 2.17. The number of anilines is 1. The number of fused-ring (bicyclic) bond motifs is 1. The van der Waals surface area contributed by atoms with Gasteiger partial charge in [0.2, 0.25) is 0 Å². The van der Waals surface area contributed by atoms with Gasteiger partial charge in [-0.25, -0.2) is 14.6 Å². The highest BCUT2D eigenvalue weighted by atomic mass is 127. The fourth-order valence-electron chi connectivity index (χ4n) is 1.61. The molecule has 0 fully saturated rings. The molecule has 2 rings (SSSR count). The molecule has 0 bridgehead atoms. The van der Waals surface area contributed by atoms with Gasteiger partial charge < -0.3 is 5.73 Å². The molecule has 1 atom stereocenters. The van der Waals surface area contributed by atoms with E-state index in [1.807, 2.05) is 11.6 Å². The highest BCUT2D eigenvalue weighted by Crippen LogP contribution is 2.26. The number of nitrogens with two attached hydrogens (primary N) is 1. The molecule has 2 aromatic rings. The fraction of sp³-hybridized carbons (Fsp3) is 0.500. The number of hydrogen-bond donors (Lipinski definition) is 1. The van der Waals surface area contributed by atoms with Crippen LogP contribution in [0, 0.1) is 10.6 Å². The summed E-state index contributed by atoms with van der Waals surface area (Å²) in [6.07, 6.45) is 1.01. The van der Waals surface area contributed by atoms with E-state index in [-0.39, 0.29) is 0 Å². The molecule has 0 aliphatic heterocycles. The summed E-state index contributed by atoms with van der Waals surface area (Å²) in [4.78, 5) is 8.60. The quantitative estimate of drug-likeness (QED) is 0.858. The molecule has 5 nitrogen and oxygen atoms in total. The number of aromatic nitrogens is 4. The second-order valence-electron chi connectivity index (χ2n) is 3.85. The van der Waals surface area contributed by atoms with E-state index >= 15 is 0 Å². The lowest BCUT2D eigenvalue weighted by Crippen LogP contribution is -2.07. The number of nitrogens with zero attached hydrogens (tertiary/aromatic N) is 4. The van der Waals surface area contributed by atoms with Crippen LogP contribution in [0.4, 0.5) is 5.82 Å². The van der Waals surface area contributed by atoms with Gasteiger partial charge in [-0.1, -0.05) is 6.92 Å². The molecule has 2 N–H and O–H groups in total. The Morgan fingerprint density at radius 2 is 2.12 bits per heavy atom. The Morgan fingerprint density at radius 1 is 1.44 bits per heavy atom. The molecule has 0 saturated carbocycles. The van der Waals surface area contributed by atoms with Gasteiger partial charge in [-0.15, -0.1) is 0 Å². The van der Waals surface area contributed by atoms with Gasteiger partial charge in [0.05, 0.1) is 11.4 Å². The molecule has 6 heteroatoms. The number of aryl methyl sites for hydroxylation is 1. The van der Waals surface area contributed by atoms with Crippen molar-refractivity contribution in [3.8, 4) is 0 Å². The van der Waals surface area contributed by atoms with Crippen LogP contribution in [0.3, 0.4) is 0 Å². The molecule has 0 aromatic carbocycles. The highest BCUT2D eigenvalue weighted by molar-refractivity contribution is 14.1. The fourth-order valence-corrected chi connectivity index (χ4v) is 2.36. The van der Waals surface area contributed by atoms with Crippen molar-refractivity contribution in [1.29, 1.82) is 0 Å². The third-order valence-electron chi connectivity index (χ3n) is 2.66. The third-order valence-corrected chi connectivity index (χ3v) is 3.41. The molecule has 0 saturated heterocycles.